The van der Waals surface area contributed by atoms with Crippen LogP contribution >= 0.6 is 24.0 Å². The molecule has 1 unspecified atom stereocenters. The molecule has 2 aromatic carbocycles. The van der Waals surface area contributed by atoms with E-state index in [1.165, 1.54) is 12.1 Å². The molecule has 6 nitrogen and oxygen atoms in total. The summed E-state index contributed by atoms with van der Waals surface area (Å²) in [6.45, 7) is 5.26. The van der Waals surface area contributed by atoms with Crippen molar-refractivity contribution >= 4 is 29.9 Å². The highest BCUT2D eigenvalue weighted by molar-refractivity contribution is 14.0. The smallest absolute Gasteiger partial charge is 0.226 e. The second-order valence-corrected chi connectivity index (χ2v) is 7.16. The van der Waals surface area contributed by atoms with E-state index in [-0.39, 0.29) is 36.3 Å². The molecule has 8 heteroatoms. The van der Waals surface area contributed by atoms with Gasteiger partial charge in [-0.3, -0.25) is 0 Å². The Morgan fingerprint density at radius 3 is 2.52 bits per heavy atom. The molecular weight excluding hydrogens is 510 g/mol. The van der Waals surface area contributed by atoms with Crippen LogP contribution in [0.5, 0.6) is 0 Å². The van der Waals surface area contributed by atoms with Crippen molar-refractivity contribution in [3.05, 3.63) is 77.9 Å². The standard InChI is InChI=1S/C23H27FN4O2.HI/c1-3-25-22(27-16-23(2,29)18-7-5-4-6-8-18)26-14-13-20-15-30-21(28-20)17-9-11-19(24)12-10-17;/h4-12,15,29H,3,13-14,16H2,1-2H3,(H2,25,26,27);1H. The third-order valence-corrected chi connectivity index (χ3v) is 4.60. The molecule has 0 aliphatic heterocycles. The second kappa shape index (κ2) is 11.8. The number of nitrogens with zero attached hydrogens (tertiary/aromatic N) is 2. The number of hydrogen-bond donors (Lipinski definition) is 3. The highest BCUT2D eigenvalue weighted by atomic mass is 127. The zero-order valence-electron chi connectivity index (χ0n) is 17.6. The molecule has 31 heavy (non-hydrogen) atoms. The lowest BCUT2D eigenvalue weighted by molar-refractivity contribution is 0.0672. The minimum atomic E-state index is -1.06. The van der Waals surface area contributed by atoms with Crippen molar-refractivity contribution in [2.45, 2.75) is 25.9 Å². The molecule has 1 aromatic heterocycles. The lowest BCUT2D eigenvalue weighted by Gasteiger charge is -2.22. The molecule has 0 spiro atoms. The molecule has 166 valence electrons. The van der Waals surface area contributed by atoms with E-state index >= 15 is 0 Å². The van der Waals surface area contributed by atoms with Gasteiger partial charge in [-0.25, -0.2) is 14.4 Å². The number of nitrogens with one attached hydrogen (secondary N) is 2. The third kappa shape index (κ3) is 7.32. The fourth-order valence-corrected chi connectivity index (χ4v) is 2.92. The van der Waals surface area contributed by atoms with E-state index in [1.807, 2.05) is 37.3 Å². The summed E-state index contributed by atoms with van der Waals surface area (Å²) in [5, 5.41) is 17.1. The van der Waals surface area contributed by atoms with Crippen LogP contribution in [0.25, 0.3) is 11.5 Å². The lowest BCUT2D eigenvalue weighted by atomic mass is 9.96. The van der Waals surface area contributed by atoms with Gasteiger partial charge in [0, 0.05) is 25.1 Å². The van der Waals surface area contributed by atoms with E-state index in [9.17, 15) is 9.50 Å². The second-order valence-electron chi connectivity index (χ2n) is 7.16. The Morgan fingerprint density at radius 1 is 1.13 bits per heavy atom. The molecule has 0 amide bonds. The van der Waals surface area contributed by atoms with E-state index in [2.05, 4.69) is 20.6 Å². The first-order chi connectivity index (χ1) is 14.5. The van der Waals surface area contributed by atoms with Gasteiger partial charge >= 0.3 is 0 Å². The zero-order valence-corrected chi connectivity index (χ0v) is 20.0. The quantitative estimate of drug-likeness (QED) is 0.229. The van der Waals surface area contributed by atoms with Crippen LogP contribution in [-0.2, 0) is 12.0 Å². The summed E-state index contributed by atoms with van der Waals surface area (Å²) in [6, 6.07) is 15.5. The third-order valence-electron chi connectivity index (χ3n) is 4.60. The molecule has 1 heterocycles. The molecule has 0 saturated heterocycles. The van der Waals surface area contributed by atoms with Gasteiger partial charge in [-0.15, -0.1) is 24.0 Å². The lowest BCUT2D eigenvalue weighted by Crippen LogP contribution is -2.39. The van der Waals surface area contributed by atoms with E-state index in [0.717, 1.165) is 16.8 Å². The van der Waals surface area contributed by atoms with Crippen molar-refractivity contribution in [2.75, 3.05) is 19.6 Å². The maximum atomic E-state index is 13.1. The predicted molar refractivity (Wildman–Crippen MR) is 131 cm³/mol. The largest absolute Gasteiger partial charge is 0.444 e. The molecule has 0 bridgehead atoms. The van der Waals surface area contributed by atoms with Crippen LogP contribution in [0.4, 0.5) is 4.39 Å². The molecule has 3 aromatic rings. The highest BCUT2D eigenvalue weighted by Crippen LogP contribution is 2.20. The summed E-state index contributed by atoms with van der Waals surface area (Å²) in [4.78, 5) is 8.97. The van der Waals surface area contributed by atoms with Crippen LogP contribution in [0.15, 0.2) is 70.3 Å². The van der Waals surface area contributed by atoms with Crippen molar-refractivity contribution in [3.8, 4) is 11.5 Å². The molecule has 1 atom stereocenters. The van der Waals surface area contributed by atoms with Crippen LogP contribution in [0, 0.1) is 5.82 Å². The van der Waals surface area contributed by atoms with Gasteiger partial charge in [-0.05, 0) is 43.7 Å². The summed E-state index contributed by atoms with van der Waals surface area (Å²) in [5.41, 5.74) is 1.28. The molecule has 3 rings (SSSR count). The van der Waals surface area contributed by atoms with E-state index in [4.69, 9.17) is 4.42 Å². The van der Waals surface area contributed by atoms with Crippen LogP contribution in [-0.4, -0.2) is 35.7 Å². The van der Waals surface area contributed by atoms with Gasteiger partial charge in [0.15, 0.2) is 5.96 Å². The Hall–Kier alpha value is -2.46. The molecule has 0 aliphatic rings. The minimum absolute atomic E-state index is 0. The first kappa shape index (κ1) is 24.8. The van der Waals surface area contributed by atoms with Crippen molar-refractivity contribution in [2.24, 2.45) is 4.99 Å². The number of halogens is 2. The van der Waals surface area contributed by atoms with E-state index in [0.29, 0.717) is 31.4 Å². The zero-order chi connectivity index (χ0) is 21.4. The summed E-state index contributed by atoms with van der Waals surface area (Å²) in [7, 11) is 0. The number of aliphatic hydroxyl groups is 1. The van der Waals surface area contributed by atoms with E-state index in [1.54, 1.807) is 25.3 Å². The van der Waals surface area contributed by atoms with Crippen LogP contribution in [0.2, 0.25) is 0 Å². The molecule has 0 radical (unpaired) electrons. The molecule has 0 fully saturated rings. The maximum absolute atomic E-state index is 13.1. The number of aliphatic imine (C=N–C) groups is 1. The minimum Gasteiger partial charge on any atom is -0.444 e. The van der Waals surface area contributed by atoms with Crippen LogP contribution in [0.1, 0.15) is 25.1 Å². The van der Waals surface area contributed by atoms with Crippen molar-refractivity contribution in [3.63, 3.8) is 0 Å². The van der Waals surface area contributed by atoms with Crippen molar-refractivity contribution in [1.29, 1.82) is 0 Å². The normalized spacial score (nSPS) is 13.2. The average Bonchev–Trinajstić information content (AvgIpc) is 3.22. The molecular formula is C23H28FIN4O2. The molecule has 0 aliphatic carbocycles. The fourth-order valence-electron chi connectivity index (χ4n) is 2.92. The topological polar surface area (TPSA) is 82.7 Å². The average molecular weight is 538 g/mol. The summed E-state index contributed by atoms with van der Waals surface area (Å²) >= 11 is 0. The number of rotatable bonds is 8. The molecule has 0 saturated carbocycles. The first-order valence-corrected chi connectivity index (χ1v) is 9.98. The van der Waals surface area contributed by atoms with Crippen LogP contribution < -0.4 is 10.6 Å². The van der Waals surface area contributed by atoms with Gasteiger partial charge in [0.25, 0.3) is 0 Å². The monoisotopic (exact) mass is 538 g/mol. The van der Waals surface area contributed by atoms with Gasteiger partial charge in [-0.2, -0.15) is 0 Å². The number of benzene rings is 2. The maximum Gasteiger partial charge on any atom is 0.226 e. The highest BCUT2D eigenvalue weighted by Gasteiger charge is 2.22. The molecule has 3 N–H and O–H groups in total. The predicted octanol–water partition coefficient (Wildman–Crippen LogP) is 4.10. The van der Waals surface area contributed by atoms with Gasteiger partial charge in [0.05, 0.1) is 12.2 Å². The van der Waals surface area contributed by atoms with Crippen molar-refractivity contribution in [1.82, 2.24) is 15.6 Å². The summed E-state index contributed by atoms with van der Waals surface area (Å²) in [6.07, 6.45) is 2.23. The van der Waals surface area contributed by atoms with Crippen molar-refractivity contribution < 1.29 is 13.9 Å². The number of guanidine groups is 1. The van der Waals surface area contributed by atoms with Gasteiger partial charge in [0.2, 0.25) is 5.89 Å². The number of aromatic nitrogens is 1. The fraction of sp³-hybridized carbons (Fsp3) is 0.304. The van der Waals surface area contributed by atoms with Gasteiger partial charge in [-0.1, -0.05) is 30.3 Å². The summed E-state index contributed by atoms with van der Waals surface area (Å²) < 4.78 is 18.6. The SMILES string of the molecule is CCNC(=NCC(C)(O)c1ccccc1)NCCc1coc(-c2ccc(F)cc2)n1.I. The van der Waals surface area contributed by atoms with Crippen LogP contribution in [0.3, 0.4) is 0 Å². The Bertz CT molecular complexity index is 959. The van der Waals surface area contributed by atoms with E-state index < -0.39 is 5.60 Å². The Kier molecular flexibility index (Phi) is 9.44. The summed E-state index contributed by atoms with van der Waals surface area (Å²) in [5.74, 6) is 0.789. The van der Waals surface area contributed by atoms with Gasteiger partial charge < -0.3 is 20.2 Å². The number of hydrogen-bond acceptors (Lipinski definition) is 4. The Morgan fingerprint density at radius 2 is 1.84 bits per heavy atom. The number of oxazole rings is 1. The first-order valence-electron chi connectivity index (χ1n) is 9.98. The van der Waals surface area contributed by atoms with Gasteiger partial charge in [0.1, 0.15) is 17.7 Å². The Labute approximate surface area is 199 Å². The Balaban J connectivity index is 0.00000341.